The molecule has 0 amide bonds. The largest absolute Gasteiger partial charge is 0.396 e. The van der Waals surface area contributed by atoms with Crippen LogP contribution in [0.4, 0.5) is 0 Å². The number of aliphatic hydroxyl groups excluding tert-OH is 2. The van der Waals surface area contributed by atoms with E-state index in [1.807, 2.05) is 0 Å². The fraction of sp³-hybridized carbons (Fsp3) is 1.00. The number of hydrogen-bond donors (Lipinski definition) is 3. The van der Waals surface area contributed by atoms with Crippen LogP contribution in [-0.4, -0.2) is 36.0 Å². The number of nitrogens with one attached hydrogen (secondary N) is 1. The Kier molecular flexibility index (Phi) is 6.45. The van der Waals surface area contributed by atoms with E-state index < -0.39 is 0 Å². The molecule has 3 nitrogen and oxygen atoms in total. The summed E-state index contributed by atoms with van der Waals surface area (Å²) in [5, 5.41) is 22.7. The highest BCUT2D eigenvalue weighted by molar-refractivity contribution is 4.84. The normalized spacial score (nSPS) is 21.7. The van der Waals surface area contributed by atoms with Gasteiger partial charge >= 0.3 is 0 Å². The maximum absolute atomic E-state index is 9.78. The van der Waals surface area contributed by atoms with Gasteiger partial charge in [-0.1, -0.05) is 33.1 Å². The van der Waals surface area contributed by atoms with E-state index in [1.54, 1.807) is 0 Å². The third kappa shape index (κ3) is 5.36. The predicted molar refractivity (Wildman–Crippen MR) is 70.9 cm³/mol. The van der Waals surface area contributed by atoms with Crippen molar-refractivity contribution in [2.45, 2.75) is 58.5 Å². The van der Waals surface area contributed by atoms with Crippen molar-refractivity contribution in [3.05, 3.63) is 0 Å². The Labute approximate surface area is 106 Å². The molecule has 3 N–H and O–H groups in total. The molecule has 0 spiro atoms. The summed E-state index contributed by atoms with van der Waals surface area (Å²) in [6.07, 6.45) is 6.60. The van der Waals surface area contributed by atoms with Crippen molar-refractivity contribution >= 4 is 0 Å². The molecule has 0 aromatic carbocycles. The Hall–Kier alpha value is -0.120. The first-order valence-corrected chi connectivity index (χ1v) is 7.08. The van der Waals surface area contributed by atoms with Crippen molar-refractivity contribution in [3.63, 3.8) is 0 Å². The lowest BCUT2D eigenvalue weighted by molar-refractivity contribution is 0.0738. The molecule has 1 unspecified atom stereocenters. The lowest BCUT2D eigenvalue weighted by Crippen LogP contribution is -2.41. The van der Waals surface area contributed by atoms with Crippen molar-refractivity contribution < 1.29 is 10.2 Å². The van der Waals surface area contributed by atoms with Crippen molar-refractivity contribution in [3.8, 4) is 0 Å². The monoisotopic (exact) mass is 243 g/mol. The molecular weight excluding hydrogens is 214 g/mol. The van der Waals surface area contributed by atoms with Gasteiger partial charge < -0.3 is 15.5 Å². The van der Waals surface area contributed by atoms with Crippen LogP contribution in [0.15, 0.2) is 0 Å². The van der Waals surface area contributed by atoms with Crippen molar-refractivity contribution in [1.82, 2.24) is 5.32 Å². The first kappa shape index (κ1) is 14.9. The second-order valence-corrected chi connectivity index (χ2v) is 6.13. The van der Waals surface area contributed by atoms with Gasteiger partial charge in [0.15, 0.2) is 0 Å². The molecule has 0 aromatic rings. The molecule has 0 aromatic heterocycles. The zero-order valence-corrected chi connectivity index (χ0v) is 11.4. The molecule has 0 aliphatic heterocycles. The summed E-state index contributed by atoms with van der Waals surface area (Å²) in [4.78, 5) is 0. The zero-order chi connectivity index (χ0) is 12.7. The lowest BCUT2D eigenvalue weighted by Gasteiger charge is -2.36. The molecule has 0 radical (unpaired) electrons. The maximum Gasteiger partial charge on any atom is 0.0667 e. The van der Waals surface area contributed by atoms with Gasteiger partial charge in [0.25, 0.3) is 0 Å². The standard InChI is InChI=1S/C14H29NO2/c1-12(2)8-13(17)9-15-10-14(11-16)6-4-3-5-7-14/h12-13,15-17H,3-11H2,1-2H3. The van der Waals surface area contributed by atoms with E-state index in [9.17, 15) is 10.2 Å². The van der Waals surface area contributed by atoms with E-state index in [1.165, 1.54) is 19.3 Å². The molecule has 0 saturated heterocycles. The van der Waals surface area contributed by atoms with Crippen molar-refractivity contribution in [2.75, 3.05) is 19.7 Å². The molecule has 1 aliphatic rings. The van der Waals surface area contributed by atoms with E-state index in [2.05, 4.69) is 19.2 Å². The smallest absolute Gasteiger partial charge is 0.0667 e. The van der Waals surface area contributed by atoms with Gasteiger partial charge in [0.1, 0.15) is 0 Å². The Morgan fingerprint density at radius 3 is 2.35 bits per heavy atom. The Morgan fingerprint density at radius 1 is 1.18 bits per heavy atom. The molecule has 1 rings (SSSR count). The Morgan fingerprint density at radius 2 is 1.82 bits per heavy atom. The average Bonchev–Trinajstić information content (AvgIpc) is 2.29. The van der Waals surface area contributed by atoms with Crippen LogP contribution in [0.3, 0.4) is 0 Å². The second kappa shape index (κ2) is 7.34. The van der Waals surface area contributed by atoms with E-state index in [0.717, 1.165) is 25.8 Å². The number of aliphatic hydroxyl groups is 2. The van der Waals surface area contributed by atoms with Gasteiger partial charge in [0.2, 0.25) is 0 Å². The van der Waals surface area contributed by atoms with Crippen molar-refractivity contribution in [1.29, 1.82) is 0 Å². The van der Waals surface area contributed by atoms with Gasteiger partial charge in [0.05, 0.1) is 6.10 Å². The molecular formula is C14H29NO2. The average molecular weight is 243 g/mol. The van der Waals surface area contributed by atoms with Gasteiger partial charge in [-0.05, 0) is 25.2 Å². The highest BCUT2D eigenvalue weighted by Crippen LogP contribution is 2.35. The summed E-state index contributed by atoms with van der Waals surface area (Å²) in [7, 11) is 0. The highest BCUT2D eigenvalue weighted by Gasteiger charge is 2.30. The summed E-state index contributed by atoms with van der Waals surface area (Å²) in [6, 6.07) is 0. The molecule has 1 atom stereocenters. The van der Waals surface area contributed by atoms with E-state index >= 15 is 0 Å². The second-order valence-electron chi connectivity index (χ2n) is 6.13. The quantitative estimate of drug-likeness (QED) is 0.640. The minimum absolute atomic E-state index is 0.0792. The van der Waals surface area contributed by atoms with Crippen LogP contribution in [0.5, 0.6) is 0 Å². The summed E-state index contributed by atoms with van der Waals surface area (Å²) in [5.74, 6) is 0.535. The van der Waals surface area contributed by atoms with Crippen LogP contribution in [0, 0.1) is 11.3 Å². The number of rotatable bonds is 7. The molecule has 1 fully saturated rings. The topological polar surface area (TPSA) is 52.5 Å². The summed E-state index contributed by atoms with van der Waals surface area (Å²) in [5.41, 5.74) is 0.0792. The summed E-state index contributed by atoms with van der Waals surface area (Å²) in [6.45, 7) is 6.03. The lowest BCUT2D eigenvalue weighted by atomic mass is 9.74. The van der Waals surface area contributed by atoms with Crippen LogP contribution in [0.25, 0.3) is 0 Å². The van der Waals surface area contributed by atoms with Gasteiger partial charge in [0, 0.05) is 25.1 Å². The maximum atomic E-state index is 9.78. The van der Waals surface area contributed by atoms with Crippen LogP contribution in [0.1, 0.15) is 52.4 Å². The molecule has 17 heavy (non-hydrogen) atoms. The third-order valence-electron chi connectivity index (χ3n) is 3.87. The molecule has 3 heteroatoms. The van der Waals surface area contributed by atoms with E-state index in [4.69, 9.17) is 0 Å². The van der Waals surface area contributed by atoms with Gasteiger partial charge in [-0.15, -0.1) is 0 Å². The van der Waals surface area contributed by atoms with Crippen LogP contribution in [-0.2, 0) is 0 Å². The molecule has 0 heterocycles. The molecule has 0 bridgehead atoms. The number of hydrogen-bond acceptors (Lipinski definition) is 3. The first-order valence-electron chi connectivity index (χ1n) is 7.08. The Bertz CT molecular complexity index is 200. The zero-order valence-electron chi connectivity index (χ0n) is 11.4. The predicted octanol–water partition coefficient (Wildman–Crippen LogP) is 1.93. The highest BCUT2D eigenvalue weighted by atomic mass is 16.3. The SMILES string of the molecule is CC(C)CC(O)CNCC1(CO)CCCCC1. The molecule has 1 aliphatic carbocycles. The summed E-state index contributed by atoms with van der Waals surface area (Å²) < 4.78 is 0. The van der Waals surface area contributed by atoms with Gasteiger partial charge in [-0.25, -0.2) is 0 Å². The van der Waals surface area contributed by atoms with Gasteiger partial charge in [-0.3, -0.25) is 0 Å². The van der Waals surface area contributed by atoms with Gasteiger partial charge in [-0.2, -0.15) is 0 Å². The first-order chi connectivity index (χ1) is 8.08. The third-order valence-corrected chi connectivity index (χ3v) is 3.87. The van der Waals surface area contributed by atoms with Crippen LogP contribution in [0.2, 0.25) is 0 Å². The van der Waals surface area contributed by atoms with Crippen LogP contribution >= 0.6 is 0 Å². The Balaban J connectivity index is 2.23. The van der Waals surface area contributed by atoms with E-state index in [0.29, 0.717) is 12.5 Å². The minimum atomic E-state index is -0.255. The van der Waals surface area contributed by atoms with E-state index in [-0.39, 0.29) is 18.1 Å². The molecule has 1 saturated carbocycles. The summed E-state index contributed by atoms with van der Waals surface area (Å²) >= 11 is 0. The molecule has 102 valence electrons. The minimum Gasteiger partial charge on any atom is -0.396 e. The fourth-order valence-corrected chi connectivity index (χ4v) is 2.82. The van der Waals surface area contributed by atoms with Crippen LogP contribution < -0.4 is 5.32 Å². The van der Waals surface area contributed by atoms with Crippen molar-refractivity contribution in [2.24, 2.45) is 11.3 Å². The fourth-order valence-electron chi connectivity index (χ4n) is 2.82.